The summed E-state index contributed by atoms with van der Waals surface area (Å²) in [5.74, 6) is 0.666. The molecule has 0 heterocycles. The molecule has 0 aromatic heterocycles. The summed E-state index contributed by atoms with van der Waals surface area (Å²) in [6.45, 7) is 1.84. The first-order valence-corrected chi connectivity index (χ1v) is 5.47. The lowest BCUT2D eigenvalue weighted by Gasteiger charge is -2.02. The lowest BCUT2D eigenvalue weighted by atomic mass is 10.4. The van der Waals surface area contributed by atoms with Gasteiger partial charge in [0.1, 0.15) is 5.82 Å². The molecule has 1 rings (SSSR count). The first-order valence-electron chi connectivity index (χ1n) is 4.49. The fraction of sp³-hybridized carbons (Fsp3) is 0.400. The van der Waals surface area contributed by atoms with Crippen LogP contribution in [0.4, 0.5) is 4.39 Å². The molecule has 1 aromatic rings. The summed E-state index contributed by atoms with van der Waals surface area (Å²) in [5.41, 5.74) is 5.27. The molecule has 0 unspecified atom stereocenters. The summed E-state index contributed by atoms with van der Waals surface area (Å²) in [5, 5.41) is 0. The average Bonchev–Trinajstić information content (AvgIpc) is 2.21. The molecule has 0 fully saturated rings. The first-order chi connectivity index (χ1) is 6.83. The number of hydrogen-bond acceptors (Lipinski definition) is 3. The standard InChI is InChI=1S/C10H14FNOS/c11-9-1-3-10(4-2-9)14-8-7-13-6-5-12/h1-4H,5-8,12H2. The van der Waals surface area contributed by atoms with Gasteiger partial charge in [0.25, 0.3) is 0 Å². The van der Waals surface area contributed by atoms with Crippen molar-refractivity contribution in [3.05, 3.63) is 30.1 Å². The Labute approximate surface area is 87.6 Å². The SMILES string of the molecule is NCCOCCSc1ccc(F)cc1. The summed E-state index contributed by atoms with van der Waals surface area (Å²) in [6, 6.07) is 6.46. The van der Waals surface area contributed by atoms with Crippen LogP contribution >= 0.6 is 11.8 Å². The van der Waals surface area contributed by atoms with Crippen LogP contribution in [0, 0.1) is 5.82 Å². The van der Waals surface area contributed by atoms with Gasteiger partial charge in [0.2, 0.25) is 0 Å². The Morgan fingerprint density at radius 3 is 2.57 bits per heavy atom. The van der Waals surface area contributed by atoms with E-state index in [1.54, 1.807) is 23.9 Å². The van der Waals surface area contributed by atoms with Crippen molar-refractivity contribution >= 4 is 11.8 Å². The summed E-state index contributed by atoms with van der Waals surface area (Å²) >= 11 is 1.65. The lowest BCUT2D eigenvalue weighted by molar-refractivity contribution is 0.158. The molecule has 0 amide bonds. The van der Waals surface area contributed by atoms with E-state index in [4.69, 9.17) is 10.5 Å². The molecule has 4 heteroatoms. The Balaban J connectivity index is 2.15. The molecule has 78 valence electrons. The Morgan fingerprint density at radius 1 is 1.21 bits per heavy atom. The quantitative estimate of drug-likeness (QED) is 0.581. The molecule has 0 radical (unpaired) electrons. The van der Waals surface area contributed by atoms with Crippen molar-refractivity contribution in [3.8, 4) is 0 Å². The second kappa shape index (κ2) is 6.81. The van der Waals surface area contributed by atoms with Crippen molar-refractivity contribution in [2.24, 2.45) is 5.73 Å². The van der Waals surface area contributed by atoms with Crippen LogP contribution in [0.25, 0.3) is 0 Å². The molecule has 0 aliphatic rings. The van der Waals surface area contributed by atoms with Gasteiger partial charge < -0.3 is 10.5 Å². The normalized spacial score (nSPS) is 10.4. The highest BCUT2D eigenvalue weighted by atomic mass is 32.2. The molecule has 0 bridgehead atoms. The zero-order valence-electron chi connectivity index (χ0n) is 7.91. The molecule has 2 nitrogen and oxygen atoms in total. The van der Waals surface area contributed by atoms with Crippen molar-refractivity contribution in [2.45, 2.75) is 4.90 Å². The minimum atomic E-state index is -0.200. The minimum absolute atomic E-state index is 0.200. The number of hydrogen-bond donors (Lipinski definition) is 1. The van der Waals surface area contributed by atoms with Crippen LogP contribution in [0.1, 0.15) is 0 Å². The second-order valence-corrected chi connectivity index (χ2v) is 3.87. The molecule has 0 saturated heterocycles. The van der Waals surface area contributed by atoms with Gasteiger partial charge in [0.05, 0.1) is 13.2 Å². The molecule has 0 aliphatic carbocycles. The highest BCUT2D eigenvalue weighted by Gasteiger charge is 1.94. The van der Waals surface area contributed by atoms with E-state index < -0.39 is 0 Å². The zero-order chi connectivity index (χ0) is 10.2. The molecule has 0 saturated carbocycles. The Bertz CT molecular complexity index is 253. The number of ether oxygens (including phenoxy) is 1. The molecule has 14 heavy (non-hydrogen) atoms. The van der Waals surface area contributed by atoms with Crippen molar-refractivity contribution in [1.29, 1.82) is 0 Å². The van der Waals surface area contributed by atoms with Gasteiger partial charge in [-0.3, -0.25) is 0 Å². The van der Waals surface area contributed by atoms with E-state index in [0.29, 0.717) is 19.8 Å². The third-order valence-corrected chi connectivity index (χ3v) is 2.55. The third kappa shape index (κ3) is 4.60. The number of thioether (sulfide) groups is 1. The van der Waals surface area contributed by atoms with E-state index in [1.165, 1.54) is 12.1 Å². The number of benzene rings is 1. The Kier molecular flexibility index (Phi) is 5.59. The van der Waals surface area contributed by atoms with Gasteiger partial charge in [-0.2, -0.15) is 0 Å². The summed E-state index contributed by atoms with van der Waals surface area (Å²) in [7, 11) is 0. The van der Waals surface area contributed by atoms with E-state index in [0.717, 1.165) is 10.6 Å². The van der Waals surface area contributed by atoms with Crippen LogP contribution < -0.4 is 5.73 Å². The molecule has 0 spiro atoms. The van der Waals surface area contributed by atoms with Crippen LogP contribution in [0.2, 0.25) is 0 Å². The van der Waals surface area contributed by atoms with Gasteiger partial charge in [0, 0.05) is 17.2 Å². The van der Waals surface area contributed by atoms with Crippen molar-refractivity contribution in [2.75, 3.05) is 25.5 Å². The largest absolute Gasteiger partial charge is 0.379 e. The summed E-state index contributed by atoms with van der Waals surface area (Å²) in [4.78, 5) is 1.06. The van der Waals surface area contributed by atoms with Gasteiger partial charge in [-0.1, -0.05) is 0 Å². The smallest absolute Gasteiger partial charge is 0.123 e. The molecular weight excluding hydrogens is 201 g/mol. The second-order valence-electron chi connectivity index (χ2n) is 2.70. The summed E-state index contributed by atoms with van der Waals surface area (Å²) in [6.07, 6.45) is 0. The molecule has 2 N–H and O–H groups in total. The maximum atomic E-state index is 12.5. The lowest BCUT2D eigenvalue weighted by Crippen LogP contribution is -2.09. The van der Waals surface area contributed by atoms with E-state index in [-0.39, 0.29) is 5.82 Å². The maximum absolute atomic E-state index is 12.5. The van der Waals surface area contributed by atoms with Crippen LogP contribution in [0.5, 0.6) is 0 Å². The highest BCUT2D eigenvalue weighted by Crippen LogP contribution is 2.17. The van der Waals surface area contributed by atoms with E-state index in [2.05, 4.69) is 0 Å². The van der Waals surface area contributed by atoms with E-state index >= 15 is 0 Å². The highest BCUT2D eigenvalue weighted by molar-refractivity contribution is 7.99. The maximum Gasteiger partial charge on any atom is 0.123 e. The molecular formula is C10H14FNOS. The molecule has 0 aliphatic heterocycles. The molecule has 0 atom stereocenters. The Morgan fingerprint density at radius 2 is 1.93 bits per heavy atom. The van der Waals surface area contributed by atoms with E-state index in [9.17, 15) is 4.39 Å². The number of rotatable bonds is 6. The number of halogens is 1. The predicted molar refractivity (Wildman–Crippen MR) is 57.0 cm³/mol. The average molecular weight is 215 g/mol. The van der Waals surface area contributed by atoms with Crippen molar-refractivity contribution in [1.82, 2.24) is 0 Å². The fourth-order valence-electron chi connectivity index (χ4n) is 0.935. The summed E-state index contributed by atoms with van der Waals surface area (Å²) < 4.78 is 17.7. The van der Waals surface area contributed by atoms with Gasteiger partial charge in [0.15, 0.2) is 0 Å². The van der Waals surface area contributed by atoms with Crippen LogP contribution in [0.15, 0.2) is 29.2 Å². The minimum Gasteiger partial charge on any atom is -0.379 e. The third-order valence-electron chi connectivity index (χ3n) is 1.57. The van der Waals surface area contributed by atoms with Crippen molar-refractivity contribution < 1.29 is 9.13 Å². The van der Waals surface area contributed by atoms with Crippen LogP contribution in [-0.4, -0.2) is 25.5 Å². The monoisotopic (exact) mass is 215 g/mol. The topological polar surface area (TPSA) is 35.2 Å². The van der Waals surface area contributed by atoms with E-state index in [1.807, 2.05) is 0 Å². The van der Waals surface area contributed by atoms with Gasteiger partial charge in [-0.05, 0) is 24.3 Å². The number of nitrogens with two attached hydrogens (primary N) is 1. The fourth-order valence-corrected chi connectivity index (χ4v) is 1.70. The van der Waals surface area contributed by atoms with Crippen LogP contribution in [0.3, 0.4) is 0 Å². The van der Waals surface area contributed by atoms with Gasteiger partial charge in [-0.25, -0.2) is 4.39 Å². The molecule has 1 aromatic carbocycles. The zero-order valence-corrected chi connectivity index (χ0v) is 8.73. The van der Waals surface area contributed by atoms with Crippen LogP contribution in [-0.2, 0) is 4.74 Å². The predicted octanol–water partition coefficient (Wildman–Crippen LogP) is 1.89. The van der Waals surface area contributed by atoms with Gasteiger partial charge >= 0.3 is 0 Å². The Hall–Kier alpha value is -0.580. The van der Waals surface area contributed by atoms with Gasteiger partial charge in [-0.15, -0.1) is 11.8 Å². The first kappa shape index (κ1) is 11.5. The van der Waals surface area contributed by atoms with Crippen molar-refractivity contribution in [3.63, 3.8) is 0 Å².